The molecule has 10 heteroatoms. The van der Waals surface area contributed by atoms with Gasteiger partial charge in [0.15, 0.2) is 17.1 Å². The fraction of sp³-hybridized carbons (Fsp3) is 0.217. The summed E-state index contributed by atoms with van der Waals surface area (Å²) in [7, 11) is 1.59. The number of hydrogen-bond acceptors (Lipinski definition) is 7. The van der Waals surface area contributed by atoms with Gasteiger partial charge >= 0.3 is 5.97 Å². The molecule has 0 saturated carbocycles. The van der Waals surface area contributed by atoms with E-state index in [1.807, 2.05) is 29.7 Å². The molecule has 1 aromatic heterocycles. The number of carbonyl (C=O) groups is 2. The van der Waals surface area contributed by atoms with E-state index < -0.39 is 12.1 Å². The molecule has 0 radical (unpaired) electrons. The van der Waals surface area contributed by atoms with Gasteiger partial charge in [-0.15, -0.1) is 16.8 Å². The molecule has 33 heavy (non-hydrogen) atoms. The van der Waals surface area contributed by atoms with E-state index in [-0.39, 0.29) is 17.2 Å². The molecule has 3 aromatic rings. The van der Waals surface area contributed by atoms with Gasteiger partial charge in [0.1, 0.15) is 11.5 Å². The molecule has 0 saturated heterocycles. The molecular weight excluding hydrogens is 444 g/mol. The number of amides is 1. The lowest BCUT2D eigenvalue weighted by molar-refractivity contribution is -0.113. The van der Waals surface area contributed by atoms with Crippen molar-refractivity contribution in [1.82, 2.24) is 14.8 Å². The Bertz CT molecular complexity index is 1130. The number of carboxylic acids is 1. The number of carbonyl (C=O) groups excluding carboxylic acids is 1. The third-order valence-corrected chi connectivity index (χ3v) is 5.49. The third-order valence-electron chi connectivity index (χ3n) is 4.52. The van der Waals surface area contributed by atoms with Crippen molar-refractivity contribution >= 4 is 29.3 Å². The smallest absolute Gasteiger partial charge is 0.335 e. The van der Waals surface area contributed by atoms with Gasteiger partial charge in [-0.25, -0.2) is 4.79 Å². The van der Waals surface area contributed by atoms with Crippen LogP contribution >= 0.6 is 11.8 Å². The zero-order valence-corrected chi connectivity index (χ0v) is 19.0. The Morgan fingerprint density at radius 3 is 2.61 bits per heavy atom. The Hall–Kier alpha value is -3.79. The van der Waals surface area contributed by atoms with Crippen LogP contribution in [0.2, 0.25) is 0 Å². The average Bonchev–Trinajstić information content (AvgIpc) is 3.21. The number of ether oxygens (including phenoxy) is 2. The number of thioether (sulfide) groups is 1. The van der Waals surface area contributed by atoms with Gasteiger partial charge < -0.3 is 19.9 Å². The molecule has 0 aliphatic carbocycles. The van der Waals surface area contributed by atoms with Crippen LogP contribution in [-0.2, 0) is 11.3 Å². The second-order valence-corrected chi connectivity index (χ2v) is 7.84. The minimum atomic E-state index is -1.02. The van der Waals surface area contributed by atoms with Gasteiger partial charge in [0, 0.05) is 18.3 Å². The Labute approximate surface area is 195 Å². The SMILES string of the molecule is C=CCn1c(SCC(=O)Nc2ccc(C(=O)O)cc2)nnc1C(C)Oc1cccc(OC)c1. The van der Waals surface area contributed by atoms with Gasteiger partial charge in [-0.05, 0) is 43.3 Å². The molecule has 172 valence electrons. The number of nitrogens with one attached hydrogen (secondary N) is 1. The highest BCUT2D eigenvalue weighted by molar-refractivity contribution is 7.99. The van der Waals surface area contributed by atoms with Crippen LogP contribution in [0.4, 0.5) is 5.69 Å². The molecule has 0 aliphatic heterocycles. The predicted molar refractivity (Wildman–Crippen MR) is 125 cm³/mol. The third kappa shape index (κ3) is 6.36. The monoisotopic (exact) mass is 468 g/mol. The second kappa shape index (κ2) is 11.2. The second-order valence-electron chi connectivity index (χ2n) is 6.90. The van der Waals surface area contributed by atoms with Crippen molar-refractivity contribution in [3.63, 3.8) is 0 Å². The van der Waals surface area contributed by atoms with Crippen LogP contribution in [0.3, 0.4) is 0 Å². The zero-order chi connectivity index (χ0) is 23.8. The average molecular weight is 469 g/mol. The van der Waals surface area contributed by atoms with Gasteiger partial charge in [-0.1, -0.05) is 23.9 Å². The molecular formula is C23H24N4O5S. The minimum Gasteiger partial charge on any atom is -0.497 e. The summed E-state index contributed by atoms with van der Waals surface area (Å²) in [6.07, 6.45) is 1.32. The minimum absolute atomic E-state index is 0.0983. The number of carboxylic acid groups (broad SMARTS) is 1. The highest BCUT2D eigenvalue weighted by atomic mass is 32.2. The molecule has 1 amide bonds. The van der Waals surface area contributed by atoms with Crippen LogP contribution in [0.25, 0.3) is 0 Å². The fourth-order valence-electron chi connectivity index (χ4n) is 2.96. The number of hydrogen-bond donors (Lipinski definition) is 2. The van der Waals surface area contributed by atoms with Crippen LogP contribution < -0.4 is 14.8 Å². The summed E-state index contributed by atoms with van der Waals surface area (Å²) in [6.45, 7) is 6.11. The largest absolute Gasteiger partial charge is 0.497 e. The van der Waals surface area contributed by atoms with Crippen LogP contribution in [0.15, 0.2) is 66.3 Å². The van der Waals surface area contributed by atoms with Crippen molar-refractivity contribution in [1.29, 1.82) is 0 Å². The summed E-state index contributed by atoms with van der Waals surface area (Å²) in [5.41, 5.74) is 0.664. The number of rotatable bonds is 11. The number of benzene rings is 2. The van der Waals surface area contributed by atoms with Crippen molar-refractivity contribution in [2.45, 2.75) is 24.7 Å². The van der Waals surface area contributed by atoms with E-state index in [1.54, 1.807) is 31.4 Å². The summed E-state index contributed by atoms with van der Waals surface area (Å²) in [5, 5.41) is 20.7. The van der Waals surface area contributed by atoms with Crippen LogP contribution in [0.1, 0.15) is 29.2 Å². The Morgan fingerprint density at radius 2 is 1.94 bits per heavy atom. The lowest BCUT2D eigenvalue weighted by Gasteiger charge is -2.16. The molecule has 0 spiro atoms. The summed E-state index contributed by atoms with van der Waals surface area (Å²) >= 11 is 1.23. The maximum absolute atomic E-state index is 12.4. The predicted octanol–water partition coefficient (Wildman–Crippen LogP) is 4.04. The first-order valence-electron chi connectivity index (χ1n) is 10.0. The Morgan fingerprint density at radius 1 is 1.21 bits per heavy atom. The topological polar surface area (TPSA) is 116 Å². The van der Waals surface area contributed by atoms with E-state index >= 15 is 0 Å². The lowest BCUT2D eigenvalue weighted by atomic mass is 10.2. The van der Waals surface area contributed by atoms with E-state index in [4.69, 9.17) is 14.6 Å². The van der Waals surface area contributed by atoms with E-state index in [1.165, 1.54) is 23.9 Å². The summed E-state index contributed by atoms with van der Waals surface area (Å²) in [5.74, 6) is 0.750. The summed E-state index contributed by atoms with van der Waals surface area (Å²) in [6, 6.07) is 13.2. The van der Waals surface area contributed by atoms with Crippen molar-refractivity contribution in [2.75, 3.05) is 18.2 Å². The molecule has 0 fully saturated rings. The number of nitrogens with zero attached hydrogens (tertiary/aromatic N) is 3. The van der Waals surface area contributed by atoms with Crippen molar-refractivity contribution in [3.8, 4) is 11.5 Å². The van der Waals surface area contributed by atoms with Gasteiger partial charge in [-0.3, -0.25) is 9.36 Å². The van der Waals surface area contributed by atoms with Gasteiger partial charge in [0.2, 0.25) is 5.91 Å². The molecule has 0 aliphatic rings. The van der Waals surface area contributed by atoms with Gasteiger partial charge in [0.05, 0.1) is 18.4 Å². The van der Waals surface area contributed by atoms with Crippen molar-refractivity contribution in [2.24, 2.45) is 0 Å². The first kappa shape index (κ1) is 23.9. The van der Waals surface area contributed by atoms with Crippen LogP contribution in [0.5, 0.6) is 11.5 Å². The van der Waals surface area contributed by atoms with Crippen molar-refractivity contribution < 1.29 is 24.2 Å². The molecule has 0 bridgehead atoms. The van der Waals surface area contributed by atoms with Gasteiger partial charge in [-0.2, -0.15) is 0 Å². The Kier molecular flexibility index (Phi) is 8.09. The number of aromatic nitrogens is 3. The lowest BCUT2D eigenvalue weighted by Crippen LogP contribution is -2.15. The number of allylic oxidation sites excluding steroid dienone is 1. The van der Waals surface area contributed by atoms with Crippen LogP contribution in [0, 0.1) is 0 Å². The quantitative estimate of drug-likeness (QED) is 0.320. The van der Waals surface area contributed by atoms with E-state index in [9.17, 15) is 9.59 Å². The molecule has 1 heterocycles. The van der Waals surface area contributed by atoms with E-state index in [2.05, 4.69) is 22.1 Å². The molecule has 2 N–H and O–H groups in total. The highest BCUT2D eigenvalue weighted by Crippen LogP contribution is 2.27. The molecule has 1 atom stereocenters. The van der Waals surface area contributed by atoms with Crippen LogP contribution in [-0.4, -0.2) is 44.6 Å². The normalized spacial score (nSPS) is 11.5. The van der Waals surface area contributed by atoms with Crippen molar-refractivity contribution in [3.05, 3.63) is 72.6 Å². The van der Waals surface area contributed by atoms with Gasteiger partial charge in [0.25, 0.3) is 0 Å². The molecule has 3 rings (SSSR count). The molecule has 2 aromatic carbocycles. The summed E-state index contributed by atoms with van der Waals surface area (Å²) in [4.78, 5) is 23.3. The molecule has 1 unspecified atom stereocenters. The maximum Gasteiger partial charge on any atom is 0.335 e. The fourth-order valence-corrected chi connectivity index (χ4v) is 3.72. The first-order chi connectivity index (χ1) is 15.9. The number of methoxy groups -OCH3 is 1. The number of aromatic carboxylic acids is 1. The number of anilines is 1. The highest BCUT2D eigenvalue weighted by Gasteiger charge is 2.20. The summed E-state index contributed by atoms with van der Waals surface area (Å²) < 4.78 is 13.1. The maximum atomic E-state index is 12.4. The zero-order valence-electron chi connectivity index (χ0n) is 18.2. The van der Waals surface area contributed by atoms with E-state index in [0.717, 1.165) is 0 Å². The molecule has 9 nitrogen and oxygen atoms in total. The first-order valence-corrected chi connectivity index (χ1v) is 11.0. The Balaban J connectivity index is 1.65. The standard InChI is InChI=1S/C23H24N4O5S/c1-4-12-27-21(15(2)32-19-7-5-6-18(13-19)31-3)25-26-23(27)33-14-20(28)24-17-10-8-16(9-11-17)22(29)30/h4-11,13,15H,1,12,14H2,2-3H3,(H,24,28)(H,29,30). The van der Waals surface area contributed by atoms with E-state index in [0.29, 0.717) is 34.7 Å².